The first kappa shape index (κ1) is 24.8. The summed E-state index contributed by atoms with van der Waals surface area (Å²) < 4.78 is 11.1. The molecule has 0 saturated carbocycles. The van der Waals surface area contributed by atoms with Crippen molar-refractivity contribution < 1.29 is 23.5 Å². The largest absolute Gasteiger partial charge is 0.459 e. The Bertz CT molecular complexity index is 1240. The van der Waals surface area contributed by atoms with Crippen LogP contribution in [0.2, 0.25) is 0 Å². The zero-order valence-corrected chi connectivity index (χ0v) is 21.1. The maximum atomic E-state index is 13.2. The first-order chi connectivity index (χ1) is 17.0. The number of anilines is 2. The smallest absolute Gasteiger partial charge is 0.291 e. The Hall–Kier alpha value is -3.34. The van der Waals surface area contributed by atoms with E-state index in [0.29, 0.717) is 29.3 Å². The van der Waals surface area contributed by atoms with Gasteiger partial charge in [0.15, 0.2) is 5.76 Å². The van der Waals surface area contributed by atoms with Crippen molar-refractivity contribution in [2.24, 2.45) is 0 Å². The van der Waals surface area contributed by atoms with E-state index in [9.17, 15) is 14.4 Å². The molecule has 0 bridgehead atoms. The van der Waals surface area contributed by atoms with Gasteiger partial charge in [-0.05, 0) is 67.1 Å². The third kappa shape index (κ3) is 6.02. The van der Waals surface area contributed by atoms with Crippen LogP contribution < -0.4 is 10.6 Å². The molecule has 0 spiro atoms. The van der Waals surface area contributed by atoms with Gasteiger partial charge in [-0.15, -0.1) is 0 Å². The standard InChI is InChI=1S/C25H22BrN3O5S/c1-33-14-3-13-29-24(31)21(27-17-7-5-16(26)6-8-17)22(25(29)32)35-19-11-9-18(10-12-19)28-23(30)20-4-2-15-34-20/h2,4-12,15,27H,3,13-14H2,1H3,(H,28,30). The number of nitrogens with zero attached hydrogens (tertiary/aromatic N) is 1. The highest BCUT2D eigenvalue weighted by Crippen LogP contribution is 2.36. The first-order valence-electron chi connectivity index (χ1n) is 10.7. The van der Waals surface area contributed by atoms with E-state index in [1.165, 1.54) is 22.9 Å². The van der Waals surface area contributed by atoms with E-state index in [1.54, 1.807) is 43.5 Å². The molecule has 0 saturated heterocycles. The van der Waals surface area contributed by atoms with E-state index in [2.05, 4.69) is 26.6 Å². The molecule has 1 aliphatic heterocycles. The van der Waals surface area contributed by atoms with Crippen molar-refractivity contribution in [1.29, 1.82) is 0 Å². The van der Waals surface area contributed by atoms with Gasteiger partial charge in [0.05, 0.1) is 6.26 Å². The molecular formula is C25H22BrN3O5S. The quantitative estimate of drug-likeness (QED) is 0.264. The summed E-state index contributed by atoms with van der Waals surface area (Å²) in [7, 11) is 1.58. The van der Waals surface area contributed by atoms with E-state index in [-0.39, 0.29) is 35.7 Å². The fraction of sp³-hybridized carbons (Fsp3) is 0.160. The SMILES string of the molecule is COCCCN1C(=O)C(Nc2ccc(Br)cc2)=C(Sc2ccc(NC(=O)c3ccco3)cc2)C1=O. The molecule has 1 aromatic heterocycles. The summed E-state index contributed by atoms with van der Waals surface area (Å²) in [5.41, 5.74) is 1.50. The summed E-state index contributed by atoms with van der Waals surface area (Å²) >= 11 is 4.59. The lowest BCUT2D eigenvalue weighted by atomic mass is 10.3. The Morgan fingerprint density at radius 3 is 2.40 bits per heavy atom. The van der Waals surface area contributed by atoms with E-state index in [0.717, 1.165) is 9.37 Å². The Labute approximate surface area is 214 Å². The van der Waals surface area contributed by atoms with Gasteiger partial charge in [-0.25, -0.2) is 0 Å². The van der Waals surface area contributed by atoms with Crippen molar-refractivity contribution in [3.05, 3.63) is 87.8 Å². The van der Waals surface area contributed by atoms with Crippen LogP contribution in [0, 0.1) is 0 Å². The number of methoxy groups -OCH3 is 1. The topological polar surface area (TPSA) is 101 Å². The number of benzene rings is 2. The van der Waals surface area contributed by atoms with Crippen molar-refractivity contribution in [2.45, 2.75) is 11.3 Å². The van der Waals surface area contributed by atoms with Gasteiger partial charge < -0.3 is 19.8 Å². The summed E-state index contributed by atoms with van der Waals surface area (Å²) in [6.45, 7) is 0.707. The highest BCUT2D eigenvalue weighted by atomic mass is 79.9. The molecule has 2 heterocycles. The second-order valence-corrected chi connectivity index (χ2v) is 9.50. The van der Waals surface area contributed by atoms with Gasteiger partial charge >= 0.3 is 0 Å². The first-order valence-corrected chi connectivity index (χ1v) is 12.3. The van der Waals surface area contributed by atoms with Crippen molar-refractivity contribution in [1.82, 2.24) is 4.90 Å². The molecule has 1 aliphatic rings. The van der Waals surface area contributed by atoms with Crippen LogP contribution in [-0.4, -0.2) is 42.9 Å². The minimum absolute atomic E-state index is 0.209. The predicted octanol–water partition coefficient (Wildman–Crippen LogP) is 5.12. The lowest BCUT2D eigenvalue weighted by molar-refractivity contribution is -0.137. The molecular weight excluding hydrogens is 534 g/mol. The Morgan fingerprint density at radius 2 is 1.74 bits per heavy atom. The number of furan rings is 1. The summed E-state index contributed by atoms with van der Waals surface area (Å²) in [4.78, 5) is 40.8. The Morgan fingerprint density at radius 1 is 1.03 bits per heavy atom. The average molecular weight is 556 g/mol. The number of halogens is 1. The summed E-state index contributed by atoms with van der Waals surface area (Å²) in [5.74, 6) is -0.881. The molecule has 4 rings (SSSR count). The molecule has 2 N–H and O–H groups in total. The number of imide groups is 1. The van der Waals surface area contributed by atoms with Crippen LogP contribution in [0.15, 0.2) is 91.3 Å². The minimum atomic E-state index is -0.376. The third-order valence-electron chi connectivity index (χ3n) is 5.05. The zero-order valence-electron chi connectivity index (χ0n) is 18.7. The number of hydrogen-bond donors (Lipinski definition) is 2. The molecule has 3 amide bonds. The molecule has 35 heavy (non-hydrogen) atoms. The molecule has 0 atom stereocenters. The van der Waals surface area contributed by atoms with Crippen LogP contribution in [0.4, 0.5) is 11.4 Å². The molecule has 8 nitrogen and oxygen atoms in total. The van der Waals surface area contributed by atoms with Gasteiger partial charge in [0.2, 0.25) is 0 Å². The van der Waals surface area contributed by atoms with Gasteiger partial charge in [-0.1, -0.05) is 27.7 Å². The second-order valence-electron chi connectivity index (χ2n) is 7.50. The maximum absolute atomic E-state index is 13.2. The van der Waals surface area contributed by atoms with Crippen molar-refractivity contribution in [3.63, 3.8) is 0 Å². The number of carbonyl (C=O) groups is 3. The van der Waals surface area contributed by atoms with Crippen molar-refractivity contribution >= 4 is 56.8 Å². The lowest BCUT2D eigenvalue weighted by Gasteiger charge is -2.14. The number of amides is 3. The van der Waals surface area contributed by atoms with Crippen molar-refractivity contribution in [2.75, 3.05) is 30.9 Å². The number of thioether (sulfide) groups is 1. The van der Waals surface area contributed by atoms with Gasteiger partial charge in [-0.2, -0.15) is 0 Å². The highest BCUT2D eigenvalue weighted by Gasteiger charge is 2.38. The molecule has 0 radical (unpaired) electrons. The summed E-state index contributed by atoms with van der Waals surface area (Å²) in [6, 6.07) is 17.6. The number of rotatable bonds is 10. The molecule has 0 aliphatic carbocycles. The number of nitrogens with one attached hydrogen (secondary N) is 2. The van der Waals surface area contributed by atoms with Crippen LogP contribution in [0.3, 0.4) is 0 Å². The molecule has 10 heteroatoms. The molecule has 2 aromatic carbocycles. The molecule has 180 valence electrons. The number of hydrogen-bond acceptors (Lipinski definition) is 7. The van der Waals surface area contributed by atoms with Gasteiger partial charge in [-0.3, -0.25) is 19.3 Å². The van der Waals surface area contributed by atoms with Crippen LogP contribution in [-0.2, 0) is 14.3 Å². The Kier molecular flexibility index (Phi) is 8.06. The fourth-order valence-electron chi connectivity index (χ4n) is 3.33. The summed E-state index contributed by atoms with van der Waals surface area (Å²) in [5, 5.41) is 5.87. The van der Waals surface area contributed by atoms with Crippen molar-refractivity contribution in [3.8, 4) is 0 Å². The van der Waals surface area contributed by atoms with E-state index < -0.39 is 0 Å². The monoisotopic (exact) mass is 555 g/mol. The van der Waals surface area contributed by atoms with Crippen LogP contribution >= 0.6 is 27.7 Å². The highest BCUT2D eigenvalue weighted by molar-refractivity contribution is 9.10. The normalized spacial score (nSPS) is 13.5. The van der Waals surface area contributed by atoms with Gasteiger partial charge in [0, 0.05) is 41.0 Å². The van der Waals surface area contributed by atoms with E-state index >= 15 is 0 Å². The molecule has 0 unspecified atom stereocenters. The van der Waals surface area contributed by atoms with Gasteiger partial charge in [0.25, 0.3) is 17.7 Å². The average Bonchev–Trinajstić information content (AvgIpc) is 3.47. The molecule has 0 fully saturated rings. The van der Waals surface area contributed by atoms with Gasteiger partial charge in [0.1, 0.15) is 10.6 Å². The summed E-state index contributed by atoms with van der Waals surface area (Å²) in [6.07, 6.45) is 1.97. The number of carbonyl (C=O) groups excluding carboxylic acids is 3. The third-order valence-corrected chi connectivity index (χ3v) is 6.67. The Balaban J connectivity index is 1.53. The maximum Gasteiger partial charge on any atom is 0.291 e. The lowest BCUT2D eigenvalue weighted by Crippen LogP contribution is -2.33. The zero-order chi connectivity index (χ0) is 24.8. The predicted molar refractivity (Wildman–Crippen MR) is 137 cm³/mol. The second kappa shape index (κ2) is 11.4. The molecule has 3 aromatic rings. The van der Waals surface area contributed by atoms with Crippen LogP contribution in [0.1, 0.15) is 17.0 Å². The fourth-order valence-corrected chi connectivity index (χ4v) is 4.54. The van der Waals surface area contributed by atoms with Crippen LogP contribution in [0.5, 0.6) is 0 Å². The van der Waals surface area contributed by atoms with E-state index in [1.807, 2.05) is 24.3 Å². The van der Waals surface area contributed by atoms with Crippen LogP contribution in [0.25, 0.3) is 0 Å². The minimum Gasteiger partial charge on any atom is -0.459 e. The van der Waals surface area contributed by atoms with E-state index in [4.69, 9.17) is 9.15 Å². The number of ether oxygens (including phenoxy) is 1.